The van der Waals surface area contributed by atoms with Crippen molar-refractivity contribution in [3.8, 4) is 0 Å². The zero-order valence-electron chi connectivity index (χ0n) is 14.4. The van der Waals surface area contributed by atoms with Crippen LogP contribution in [0.15, 0.2) is 34.9 Å². The van der Waals surface area contributed by atoms with Crippen molar-refractivity contribution in [3.63, 3.8) is 0 Å². The number of allylic oxidation sites excluding steroid dienone is 6. The number of carbonyl (C=O) groups excluding carboxylic acids is 1. The van der Waals surface area contributed by atoms with Gasteiger partial charge in [0.2, 0.25) is 0 Å². The molecule has 1 aliphatic carbocycles. The van der Waals surface area contributed by atoms with Crippen molar-refractivity contribution in [2.75, 3.05) is 0 Å². The smallest absolute Gasteiger partial charge is 0.283 e. The van der Waals surface area contributed by atoms with Gasteiger partial charge in [-0.1, -0.05) is 34.9 Å². The van der Waals surface area contributed by atoms with E-state index >= 15 is 0 Å². The van der Waals surface area contributed by atoms with Crippen LogP contribution < -0.4 is 0 Å². The first-order chi connectivity index (χ1) is 9.99. The summed E-state index contributed by atoms with van der Waals surface area (Å²) in [6.07, 6.45) is 15.9. The second-order valence-electron chi connectivity index (χ2n) is 6.78. The Balaban J connectivity index is 2.23. The molecule has 118 valence electrons. The Kier molecular flexibility index (Phi) is 8.34. The number of ketones is 1. The molecule has 1 saturated carbocycles. The number of rotatable bonds is 8. The average Bonchev–Trinajstić information content (AvgIpc) is 2.81. The molecule has 0 aromatic carbocycles. The van der Waals surface area contributed by atoms with Crippen LogP contribution in [0.1, 0.15) is 79.1 Å². The van der Waals surface area contributed by atoms with Gasteiger partial charge in [0.1, 0.15) is 0 Å². The standard InChI is InChI=1S/C20H32O/c1-16(2)8-5-9-17(3)10-6-11-18(4)14-15-19-12-7-13-20(19)21/h8,10,14,19H,5-7,9,11-13,15H2,1-4H3/p+1/b17-10+,18-14+. The fourth-order valence-corrected chi connectivity index (χ4v) is 2.84. The van der Waals surface area contributed by atoms with Crippen LogP contribution in [0.25, 0.3) is 0 Å². The maximum atomic E-state index is 9.75. The van der Waals surface area contributed by atoms with Crippen LogP contribution in [-0.4, -0.2) is 10.6 Å². The summed E-state index contributed by atoms with van der Waals surface area (Å²) in [4.78, 5) is 9.75. The molecule has 0 radical (unpaired) electrons. The third kappa shape index (κ3) is 8.04. The fourth-order valence-electron chi connectivity index (χ4n) is 2.84. The topological polar surface area (TPSA) is 21.4 Å². The van der Waals surface area contributed by atoms with E-state index in [1.807, 2.05) is 0 Å². The van der Waals surface area contributed by atoms with E-state index in [1.165, 1.54) is 29.6 Å². The van der Waals surface area contributed by atoms with E-state index in [4.69, 9.17) is 0 Å². The molecule has 0 spiro atoms. The Morgan fingerprint density at radius 3 is 2.19 bits per heavy atom. The van der Waals surface area contributed by atoms with Gasteiger partial charge >= 0.3 is 0 Å². The molecule has 1 rings (SSSR count). The van der Waals surface area contributed by atoms with E-state index in [9.17, 15) is 4.79 Å². The summed E-state index contributed by atoms with van der Waals surface area (Å²) >= 11 is 0. The third-order valence-electron chi connectivity index (χ3n) is 4.33. The number of hydrogen-bond donors (Lipinski definition) is 0. The SMILES string of the molecule is CC(C)=CCC/C(C)=C/CC/C(C)=C/CC1CCCC1=[OH+]. The van der Waals surface area contributed by atoms with Gasteiger partial charge in [0.25, 0.3) is 5.78 Å². The zero-order chi connectivity index (χ0) is 15.7. The molecule has 1 N–H and O–H groups in total. The molecule has 0 bridgehead atoms. The molecule has 1 heteroatoms. The summed E-state index contributed by atoms with van der Waals surface area (Å²) in [5, 5.41) is 0. The van der Waals surface area contributed by atoms with Crippen molar-refractivity contribution >= 4 is 5.78 Å². The van der Waals surface area contributed by atoms with Crippen LogP contribution in [-0.2, 0) is 0 Å². The molecule has 1 unspecified atom stereocenters. The lowest BCUT2D eigenvalue weighted by Crippen LogP contribution is -2.05. The van der Waals surface area contributed by atoms with Crippen LogP contribution in [0.2, 0.25) is 0 Å². The first-order valence-corrected chi connectivity index (χ1v) is 8.48. The predicted molar refractivity (Wildman–Crippen MR) is 94.3 cm³/mol. The average molecular weight is 289 g/mol. The minimum absolute atomic E-state index is 0.432. The summed E-state index contributed by atoms with van der Waals surface area (Å²) in [5.41, 5.74) is 4.37. The summed E-state index contributed by atoms with van der Waals surface area (Å²) in [6, 6.07) is 0. The molecule has 0 heterocycles. The third-order valence-corrected chi connectivity index (χ3v) is 4.33. The van der Waals surface area contributed by atoms with Crippen molar-refractivity contribution in [2.45, 2.75) is 79.1 Å². The Morgan fingerprint density at radius 1 is 1.00 bits per heavy atom. The van der Waals surface area contributed by atoms with Gasteiger partial charge in [0.05, 0.1) is 12.3 Å². The molecule has 1 aliphatic rings. The molecular formula is C20H33O+. The Morgan fingerprint density at radius 2 is 1.62 bits per heavy atom. The van der Waals surface area contributed by atoms with Gasteiger partial charge in [-0.2, -0.15) is 0 Å². The Hall–Kier alpha value is -1.11. The van der Waals surface area contributed by atoms with Crippen molar-refractivity contribution in [2.24, 2.45) is 5.92 Å². The maximum Gasteiger partial charge on any atom is 0.296 e. The molecule has 1 fully saturated rings. The highest BCUT2D eigenvalue weighted by atomic mass is 16.1. The first kappa shape index (κ1) is 17.9. The summed E-state index contributed by atoms with van der Waals surface area (Å²) in [6.45, 7) is 8.78. The lowest BCUT2D eigenvalue weighted by molar-refractivity contribution is 0.596. The van der Waals surface area contributed by atoms with Gasteiger partial charge in [-0.25, -0.2) is 0 Å². The largest absolute Gasteiger partial charge is 0.296 e. The Labute approximate surface area is 131 Å². The van der Waals surface area contributed by atoms with Gasteiger partial charge in [0, 0.05) is 0 Å². The predicted octanol–water partition coefficient (Wildman–Crippen LogP) is 6.14. The first-order valence-electron chi connectivity index (χ1n) is 8.48. The highest BCUT2D eigenvalue weighted by Gasteiger charge is 2.28. The second kappa shape index (κ2) is 9.76. The molecule has 0 aromatic rings. The van der Waals surface area contributed by atoms with Crippen molar-refractivity contribution in [1.82, 2.24) is 0 Å². The normalized spacial score (nSPS) is 20.0. The lowest BCUT2D eigenvalue weighted by Gasteiger charge is -2.03. The summed E-state index contributed by atoms with van der Waals surface area (Å²) in [7, 11) is 0. The van der Waals surface area contributed by atoms with Crippen molar-refractivity contribution in [3.05, 3.63) is 34.9 Å². The molecule has 0 saturated heterocycles. The van der Waals surface area contributed by atoms with E-state index in [0.29, 0.717) is 5.92 Å². The molecule has 0 amide bonds. The molecule has 21 heavy (non-hydrogen) atoms. The van der Waals surface area contributed by atoms with E-state index in [-0.39, 0.29) is 0 Å². The van der Waals surface area contributed by atoms with Crippen LogP contribution in [0.5, 0.6) is 0 Å². The van der Waals surface area contributed by atoms with Crippen LogP contribution >= 0.6 is 0 Å². The quantitative estimate of drug-likeness (QED) is 0.378. The minimum Gasteiger partial charge on any atom is -0.283 e. The van der Waals surface area contributed by atoms with Crippen molar-refractivity contribution in [1.29, 1.82) is 0 Å². The van der Waals surface area contributed by atoms with E-state index < -0.39 is 0 Å². The van der Waals surface area contributed by atoms with Gasteiger partial charge in [-0.15, -0.1) is 0 Å². The van der Waals surface area contributed by atoms with Gasteiger partial charge in [0.15, 0.2) is 0 Å². The molecule has 0 aromatic heterocycles. The van der Waals surface area contributed by atoms with Crippen LogP contribution in [0.4, 0.5) is 0 Å². The van der Waals surface area contributed by atoms with E-state index in [2.05, 4.69) is 45.9 Å². The van der Waals surface area contributed by atoms with Crippen molar-refractivity contribution < 1.29 is 4.79 Å². The lowest BCUT2D eigenvalue weighted by atomic mass is 10.00. The van der Waals surface area contributed by atoms with Gasteiger partial charge in [-0.3, -0.25) is 4.79 Å². The molecule has 1 atom stereocenters. The fraction of sp³-hybridized carbons (Fsp3) is 0.650. The van der Waals surface area contributed by atoms with Crippen LogP contribution in [0, 0.1) is 5.92 Å². The van der Waals surface area contributed by atoms with Gasteiger partial charge < -0.3 is 0 Å². The molecule has 0 aliphatic heterocycles. The molecular weight excluding hydrogens is 256 g/mol. The van der Waals surface area contributed by atoms with Crippen LogP contribution in [0.3, 0.4) is 0 Å². The maximum absolute atomic E-state index is 9.75. The summed E-state index contributed by atoms with van der Waals surface area (Å²) in [5.74, 6) is 1.16. The zero-order valence-corrected chi connectivity index (χ0v) is 14.4. The monoisotopic (exact) mass is 289 g/mol. The summed E-state index contributed by atoms with van der Waals surface area (Å²) < 4.78 is 0. The second-order valence-corrected chi connectivity index (χ2v) is 6.78. The molecule has 1 nitrogen and oxygen atoms in total. The minimum atomic E-state index is 0.432. The highest BCUT2D eigenvalue weighted by Crippen LogP contribution is 2.25. The number of hydrogen-bond acceptors (Lipinski definition) is 0. The van der Waals surface area contributed by atoms with E-state index in [1.54, 1.807) is 0 Å². The Bertz CT molecular complexity index is 419. The van der Waals surface area contributed by atoms with Gasteiger partial charge in [-0.05, 0) is 72.6 Å². The highest BCUT2D eigenvalue weighted by molar-refractivity contribution is 5.84. The van der Waals surface area contributed by atoms with E-state index in [0.717, 1.165) is 44.3 Å².